The van der Waals surface area contributed by atoms with Gasteiger partial charge in [0.1, 0.15) is 6.10 Å². The summed E-state index contributed by atoms with van der Waals surface area (Å²) in [6.45, 7) is 2.43. The van der Waals surface area contributed by atoms with Gasteiger partial charge in [-0.15, -0.1) is 0 Å². The lowest BCUT2D eigenvalue weighted by Gasteiger charge is -2.09. The summed E-state index contributed by atoms with van der Waals surface area (Å²) in [5, 5.41) is 0. The van der Waals surface area contributed by atoms with Crippen LogP contribution < -0.4 is 0 Å². The van der Waals surface area contributed by atoms with E-state index in [4.69, 9.17) is 4.74 Å². The van der Waals surface area contributed by atoms with Crippen LogP contribution in [-0.4, -0.2) is 12.9 Å². The Morgan fingerprint density at radius 1 is 1.42 bits per heavy atom. The number of hydrogen-bond donors (Lipinski definition) is 0. The highest BCUT2D eigenvalue weighted by atomic mass is 16.5. The lowest BCUT2D eigenvalue weighted by atomic mass is 10.1. The molecule has 0 saturated carbocycles. The van der Waals surface area contributed by atoms with Gasteiger partial charge in [0.05, 0.1) is 0 Å². The molecule has 1 aromatic rings. The maximum Gasteiger partial charge on any atom is 0.153 e. The Bertz CT molecular complexity index is 231. The molecular weight excluding hydrogens is 152 g/mol. The van der Waals surface area contributed by atoms with Gasteiger partial charge in [-0.2, -0.15) is 0 Å². The molecule has 0 aliphatic heterocycles. The van der Waals surface area contributed by atoms with Crippen molar-refractivity contribution in [2.45, 2.75) is 13.0 Å². The molecule has 1 atom stereocenters. The minimum atomic E-state index is -0.406. The summed E-state index contributed by atoms with van der Waals surface area (Å²) >= 11 is 0. The van der Waals surface area contributed by atoms with Crippen LogP contribution >= 0.6 is 0 Å². The summed E-state index contributed by atoms with van der Waals surface area (Å²) in [7, 11) is 0. The Labute approximate surface area is 72.2 Å². The third kappa shape index (κ3) is 2.17. The average molecular weight is 164 g/mol. The highest BCUT2D eigenvalue weighted by molar-refractivity contribution is 5.59. The maximum atomic E-state index is 10.6. The molecule has 0 saturated heterocycles. The van der Waals surface area contributed by atoms with Crippen LogP contribution in [-0.2, 0) is 9.53 Å². The van der Waals surface area contributed by atoms with E-state index in [1.54, 1.807) is 0 Å². The molecule has 0 N–H and O–H groups in total. The maximum absolute atomic E-state index is 10.6. The molecule has 0 unspecified atom stereocenters. The minimum absolute atomic E-state index is 0.406. The largest absolute Gasteiger partial charge is 0.366 e. The Kier molecular flexibility index (Phi) is 3.48. The summed E-state index contributed by atoms with van der Waals surface area (Å²) in [4.78, 5) is 10.6. The van der Waals surface area contributed by atoms with Crippen molar-refractivity contribution in [3.8, 4) is 0 Å². The van der Waals surface area contributed by atoms with Crippen LogP contribution in [0.3, 0.4) is 0 Å². The third-order valence-electron chi connectivity index (χ3n) is 1.60. The van der Waals surface area contributed by atoms with Gasteiger partial charge in [-0.25, -0.2) is 0 Å². The summed E-state index contributed by atoms with van der Waals surface area (Å²) < 4.78 is 5.21. The first-order valence-electron chi connectivity index (χ1n) is 4.00. The predicted octanol–water partition coefficient (Wildman–Crippen LogP) is 1.96. The Morgan fingerprint density at radius 2 is 2.08 bits per heavy atom. The number of benzene rings is 1. The third-order valence-corrected chi connectivity index (χ3v) is 1.60. The van der Waals surface area contributed by atoms with Gasteiger partial charge in [0.2, 0.25) is 0 Å². The van der Waals surface area contributed by atoms with Gasteiger partial charge in [0, 0.05) is 6.61 Å². The van der Waals surface area contributed by atoms with Crippen LogP contribution in [0.1, 0.15) is 18.6 Å². The van der Waals surface area contributed by atoms with E-state index in [1.807, 2.05) is 37.3 Å². The van der Waals surface area contributed by atoms with Crippen LogP contribution in [0.25, 0.3) is 0 Å². The van der Waals surface area contributed by atoms with E-state index in [0.29, 0.717) is 6.61 Å². The molecule has 2 heteroatoms. The molecule has 0 amide bonds. The molecule has 2 nitrogen and oxygen atoms in total. The monoisotopic (exact) mass is 164 g/mol. The van der Waals surface area contributed by atoms with Crippen molar-refractivity contribution in [1.82, 2.24) is 0 Å². The fraction of sp³-hybridized carbons (Fsp3) is 0.300. The Balaban J connectivity index is 2.73. The van der Waals surface area contributed by atoms with Gasteiger partial charge in [-0.3, -0.25) is 0 Å². The van der Waals surface area contributed by atoms with E-state index in [9.17, 15) is 4.79 Å². The summed E-state index contributed by atoms with van der Waals surface area (Å²) in [5.74, 6) is 0. The zero-order valence-corrected chi connectivity index (χ0v) is 7.07. The van der Waals surface area contributed by atoms with Crippen molar-refractivity contribution in [1.29, 1.82) is 0 Å². The molecule has 0 spiro atoms. The van der Waals surface area contributed by atoms with Gasteiger partial charge in [0.25, 0.3) is 0 Å². The highest BCUT2D eigenvalue weighted by Gasteiger charge is 2.07. The summed E-state index contributed by atoms with van der Waals surface area (Å²) in [6.07, 6.45) is 0.412. The number of carbonyl (C=O) groups excluding carboxylic acids is 1. The van der Waals surface area contributed by atoms with E-state index in [1.165, 1.54) is 0 Å². The molecule has 0 fully saturated rings. The number of ether oxygens (including phenoxy) is 1. The van der Waals surface area contributed by atoms with Crippen LogP contribution in [0, 0.1) is 0 Å². The van der Waals surface area contributed by atoms with E-state index < -0.39 is 6.10 Å². The predicted molar refractivity (Wildman–Crippen MR) is 46.9 cm³/mol. The van der Waals surface area contributed by atoms with Crippen molar-refractivity contribution in [2.75, 3.05) is 6.61 Å². The van der Waals surface area contributed by atoms with E-state index in [0.717, 1.165) is 11.8 Å². The zero-order chi connectivity index (χ0) is 8.81. The lowest BCUT2D eigenvalue weighted by Crippen LogP contribution is -2.04. The summed E-state index contributed by atoms with van der Waals surface area (Å²) in [5.41, 5.74) is 0.911. The summed E-state index contributed by atoms with van der Waals surface area (Å²) in [6, 6.07) is 9.47. The van der Waals surface area contributed by atoms with Gasteiger partial charge < -0.3 is 9.53 Å². The van der Waals surface area contributed by atoms with Crippen molar-refractivity contribution in [2.24, 2.45) is 0 Å². The van der Waals surface area contributed by atoms with E-state index in [-0.39, 0.29) is 0 Å². The SMILES string of the molecule is CCO[C@H](C=O)c1ccccc1. The number of aldehydes is 1. The fourth-order valence-corrected chi connectivity index (χ4v) is 1.04. The number of carbonyl (C=O) groups is 1. The molecular formula is C10H12O2. The fourth-order valence-electron chi connectivity index (χ4n) is 1.04. The first-order chi connectivity index (χ1) is 5.88. The Hall–Kier alpha value is -1.15. The Morgan fingerprint density at radius 3 is 2.58 bits per heavy atom. The van der Waals surface area contributed by atoms with Crippen LogP contribution in [0.2, 0.25) is 0 Å². The van der Waals surface area contributed by atoms with Crippen LogP contribution in [0.5, 0.6) is 0 Å². The zero-order valence-electron chi connectivity index (χ0n) is 7.07. The standard InChI is InChI=1S/C10H12O2/c1-2-12-10(8-11)9-6-4-3-5-7-9/h3-8,10H,2H2,1H3/t10-/m1/s1. The number of hydrogen-bond acceptors (Lipinski definition) is 2. The van der Waals surface area contributed by atoms with Gasteiger partial charge in [0.15, 0.2) is 6.29 Å². The first kappa shape index (κ1) is 8.94. The molecule has 1 aromatic carbocycles. The normalized spacial score (nSPS) is 12.4. The second-order valence-electron chi connectivity index (χ2n) is 2.42. The quantitative estimate of drug-likeness (QED) is 0.636. The van der Waals surface area contributed by atoms with Crippen molar-refractivity contribution >= 4 is 6.29 Å². The van der Waals surface area contributed by atoms with Crippen molar-refractivity contribution < 1.29 is 9.53 Å². The second kappa shape index (κ2) is 4.67. The van der Waals surface area contributed by atoms with Crippen molar-refractivity contribution in [3.05, 3.63) is 35.9 Å². The smallest absolute Gasteiger partial charge is 0.153 e. The molecule has 0 heterocycles. The van der Waals surface area contributed by atoms with Crippen molar-refractivity contribution in [3.63, 3.8) is 0 Å². The molecule has 0 aliphatic carbocycles. The topological polar surface area (TPSA) is 26.3 Å². The molecule has 0 bridgehead atoms. The second-order valence-corrected chi connectivity index (χ2v) is 2.42. The van der Waals surface area contributed by atoms with Gasteiger partial charge in [-0.1, -0.05) is 30.3 Å². The van der Waals surface area contributed by atoms with Gasteiger partial charge >= 0.3 is 0 Å². The average Bonchev–Trinajstić information content (AvgIpc) is 2.15. The molecule has 1 rings (SSSR count). The van der Waals surface area contributed by atoms with Gasteiger partial charge in [-0.05, 0) is 12.5 Å². The van der Waals surface area contributed by atoms with E-state index >= 15 is 0 Å². The molecule has 0 aliphatic rings. The van der Waals surface area contributed by atoms with Crippen LogP contribution in [0.4, 0.5) is 0 Å². The molecule has 0 aromatic heterocycles. The van der Waals surface area contributed by atoms with Crippen LogP contribution in [0.15, 0.2) is 30.3 Å². The molecule has 64 valence electrons. The molecule has 0 radical (unpaired) electrons. The highest BCUT2D eigenvalue weighted by Crippen LogP contribution is 2.13. The first-order valence-corrected chi connectivity index (χ1v) is 4.00. The van der Waals surface area contributed by atoms with E-state index in [2.05, 4.69) is 0 Å². The lowest BCUT2D eigenvalue weighted by molar-refractivity contribution is -0.118. The number of rotatable bonds is 4. The minimum Gasteiger partial charge on any atom is -0.366 e. The molecule has 12 heavy (non-hydrogen) atoms.